The highest BCUT2D eigenvalue weighted by atomic mass is 32.2. The molecule has 0 spiro atoms. The lowest BCUT2D eigenvalue weighted by Crippen LogP contribution is -2.46. The number of ether oxygens (including phenoxy) is 2. The highest BCUT2D eigenvalue weighted by Gasteiger charge is 2.34. The number of benzene rings is 2. The van der Waals surface area contributed by atoms with E-state index in [1.54, 1.807) is 31.5 Å². The number of methoxy groups -OCH3 is 1. The molecular formula is C25H23F3N4O4S. The summed E-state index contributed by atoms with van der Waals surface area (Å²) in [6.07, 6.45) is -1.37. The molecule has 1 unspecified atom stereocenters. The number of aliphatic imine (C=N–C) groups is 1. The van der Waals surface area contributed by atoms with Gasteiger partial charge in [0.15, 0.2) is 5.17 Å². The van der Waals surface area contributed by atoms with Gasteiger partial charge in [0.05, 0.1) is 48.0 Å². The Hall–Kier alpha value is -3.35. The fourth-order valence-electron chi connectivity index (χ4n) is 4.31. The summed E-state index contributed by atoms with van der Waals surface area (Å²) in [4.78, 5) is 19.3. The predicted molar refractivity (Wildman–Crippen MR) is 133 cm³/mol. The van der Waals surface area contributed by atoms with E-state index in [2.05, 4.69) is 10.1 Å². The Labute approximate surface area is 214 Å². The molecule has 1 saturated heterocycles. The van der Waals surface area contributed by atoms with Crippen LogP contribution in [0.1, 0.15) is 16.7 Å². The zero-order chi connectivity index (χ0) is 26.2. The van der Waals surface area contributed by atoms with Gasteiger partial charge >= 0.3 is 6.18 Å². The Morgan fingerprint density at radius 3 is 2.89 bits per heavy atom. The van der Waals surface area contributed by atoms with Crippen LogP contribution in [0.25, 0.3) is 17.0 Å². The van der Waals surface area contributed by atoms with Crippen LogP contribution in [0.15, 0.2) is 52.5 Å². The SMILES string of the molecule is COCC1CN(C2=NC(=O)/C(=C\c3ccc4c(cnn4Cc4ccc(O)cc4C(F)(F)F)c3)S2)CCO1. The number of carbonyl (C=O) groups is 1. The summed E-state index contributed by atoms with van der Waals surface area (Å²) in [5.74, 6) is -0.772. The van der Waals surface area contributed by atoms with Crippen molar-refractivity contribution in [3.05, 3.63) is 64.2 Å². The number of aromatic hydroxyl groups is 1. The van der Waals surface area contributed by atoms with Gasteiger partial charge in [-0.2, -0.15) is 23.3 Å². The topological polar surface area (TPSA) is 89.2 Å². The summed E-state index contributed by atoms with van der Waals surface area (Å²) in [5, 5.41) is 15.1. The molecule has 8 nitrogen and oxygen atoms in total. The molecule has 0 bridgehead atoms. The van der Waals surface area contributed by atoms with Crippen molar-refractivity contribution in [3.63, 3.8) is 0 Å². The molecule has 1 N–H and O–H groups in total. The second kappa shape index (κ2) is 10.2. The van der Waals surface area contributed by atoms with Gasteiger partial charge < -0.3 is 19.5 Å². The van der Waals surface area contributed by atoms with E-state index in [1.807, 2.05) is 11.0 Å². The second-order valence-corrected chi connectivity index (χ2v) is 9.67. The monoisotopic (exact) mass is 532 g/mol. The summed E-state index contributed by atoms with van der Waals surface area (Å²) in [5.41, 5.74) is 0.483. The van der Waals surface area contributed by atoms with Gasteiger partial charge in [0.1, 0.15) is 5.75 Å². The summed E-state index contributed by atoms with van der Waals surface area (Å²) < 4.78 is 52.6. The quantitative estimate of drug-likeness (QED) is 0.495. The van der Waals surface area contributed by atoms with Gasteiger partial charge in [-0.15, -0.1) is 0 Å². The van der Waals surface area contributed by atoms with Crippen LogP contribution in [-0.2, 0) is 27.0 Å². The van der Waals surface area contributed by atoms with Crippen molar-refractivity contribution in [1.29, 1.82) is 0 Å². The van der Waals surface area contributed by atoms with Crippen LogP contribution in [-0.4, -0.2) is 70.4 Å². The zero-order valence-electron chi connectivity index (χ0n) is 19.7. The van der Waals surface area contributed by atoms with E-state index in [9.17, 15) is 23.1 Å². The van der Waals surface area contributed by atoms with Crippen LogP contribution in [0.3, 0.4) is 0 Å². The molecule has 5 rings (SSSR count). The fraction of sp³-hybridized carbons (Fsp3) is 0.320. The number of halogens is 3. The third kappa shape index (κ3) is 5.50. The van der Waals surface area contributed by atoms with E-state index in [-0.39, 0.29) is 24.1 Å². The number of nitrogens with zero attached hydrogens (tertiary/aromatic N) is 4. The van der Waals surface area contributed by atoms with Crippen LogP contribution >= 0.6 is 11.8 Å². The number of rotatable bonds is 5. The molecule has 194 valence electrons. The Kier molecular flexibility index (Phi) is 6.97. The number of phenolic OH excluding ortho intramolecular Hbond substituents is 1. The number of morpholine rings is 1. The molecule has 1 atom stereocenters. The third-order valence-electron chi connectivity index (χ3n) is 6.05. The van der Waals surface area contributed by atoms with Gasteiger partial charge in [0.2, 0.25) is 0 Å². The van der Waals surface area contributed by atoms with E-state index in [0.717, 1.165) is 5.56 Å². The Morgan fingerprint density at radius 1 is 1.27 bits per heavy atom. The summed E-state index contributed by atoms with van der Waals surface area (Å²) in [6, 6.07) is 8.55. The minimum absolute atomic E-state index is 0.00465. The smallest absolute Gasteiger partial charge is 0.416 e. The first-order chi connectivity index (χ1) is 17.7. The van der Waals surface area contributed by atoms with E-state index < -0.39 is 17.5 Å². The lowest BCUT2D eigenvalue weighted by atomic mass is 10.1. The average Bonchev–Trinajstić information content (AvgIpc) is 3.43. The molecule has 2 aromatic carbocycles. The Bertz CT molecular complexity index is 1400. The number of phenols is 1. The summed E-state index contributed by atoms with van der Waals surface area (Å²) in [6.45, 7) is 2.09. The molecule has 3 heterocycles. The lowest BCUT2D eigenvalue weighted by Gasteiger charge is -2.33. The maximum atomic E-state index is 13.4. The average molecular weight is 533 g/mol. The number of amidine groups is 1. The lowest BCUT2D eigenvalue weighted by molar-refractivity contribution is -0.138. The number of fused-ring (bicyclic) bond motifs is 1. The number of thioether (sulfide) groups is 1. The second-order valence-electron chi connectivity index (χ2n) is 8.66. The van der Waals surface area contributed by atoms with Crippen molar-refractivity contribution in [2.24, 2.45) is 4.99 Å². The first-order valence-electron chi connectivity index (χ1n) is 11.4. The molecule has 0 radical (unpaired) electrons. The van der Waals surface area contributed by atoms with E-state index >= 15 is 0 Å². The van der Waals surface area contributed by atoms with Crippen molar-refractivity contribution in [2.75, 3.05) is 33.4 Å². The molecule has 1 aromatic heterocycles. The molecule has 2 aliphatic rings. The van der Waals surface area contributed by atoms with E-state index in [4.69, 9.17) is 9.47 Å². The van der Waals surface area contributed by atoms with Gasteiger partial charge in [0.25, 0.3) is 5.91 Å². The van der Waals surface area contributed by atoms with Crippen molar-refractivity contribution >= 4 is 39.8 Å². The molecule has 37 heavy (non-hydrogen) atoms. The van der Waals surface area contributed by atoms with Gasteiger partial charge in [-0.25, -0.2) is 0 Å². The fourth-order valence-corrected chi connectivity index (χ4v) is 5.26. The molecule has 1 amide bonds. The molecule has 3 aromatic rings. The van der Waals surface area contributed by atoms with Crippen molar-refractivity contribution in [2.45, 2.75) is 18.8 Å². The predicted octanol–water partition coefficient (Wildman–Crippen LogP) is 4.13. The van der Waals surface area contributed by atoms with Crippen molar-refractivity contribution in [3.8, 4) is 5.75 Å². The molecule has 0 aliphatic carbocycles. The number of alkyl halides is 3. The largest absolute Gasteiger partial charge is 0.508 e. The number of amides is 1. The summed E-state index contributed by atoms with van der Waals surface area (Å²) in [7, 11) is 1.61. The number of hydrogen-bond donors (Lipinski definition) is 1. The highest BCUT2D eigenvalue weighted by molar-refractivity contribution is 8.18. The normalized spacial score (nSPS) is 19.7. The van der Waals surface area contributed by atoms with Gasteiger partial charge in [-0.1, -0.05) is 12.1 Å². The number of carbonyl (C=O) groups excluding carboxylic acids is 1. The maximum Gasteiger partial charge on any atom is 0.416 e. The zero-order valence-corrected chi connectivity index (χ0v) is 20.6. The molecule has 12 heteroatoms. The van der Waals surface area contributed by atoms with Crippen molar-refractivity contribution in [1.82, 2.24) is 14.7 Å². The highest BCUT2D eigenvalue weighted by Crippen LogP contribution is 2.35. The van der Waals surface area contributed by atoms with Crippen LogP contribution in [0.4, 0.5) is 13.2 Å². The maximum absolute atomic E-state index is 13.4. The van der Waals surface area contributed by atoms with Crippen LogP contribution in [0.2, 0.25) is 0 Å². The first kappa shape index (κ1) is 25.3. The van der Waals surface area contributed by atoms with Gasteiger partial charge in [-0.3, -0.25) is 9.48 Å². The molecule has 1 fully saturated rings. The first-order valence-corrected chi connectivity index (χ1v) is 12.3. The Balaban J connectivity index is 1.33. The molecule has 0 saturated carbocycles. The van der Waals surface area contributed by atoms with Gasteiger partial charge in [-0.05, 0) is 53.2 Å². The van der Waals surface area contributed by atoms with Gasteiger partial charge in [0, 0.05) is 25.6 Å². The van der Waals surface area contributed by atoms with Crippen molar-refractivity contribution < 1.29 is 32.5 Å². The third-order valence-corrected chi connectivity index (χ3v) is 7.10. The van der Waals surface area contributed by atoms with E-state index in [0.29, 0.717) is 53.3 Å². The van der Waals surface area contributed by atoms with Crippen LogP contribution in [0.5, 0.6) is 5.75 Å². The van der Waals surface area contributed by atoms with Crippen LogP contribution < -0.4 is 0 Å². The minimum atomic E-state index is -4.60. The number of aromatic nitrogens is 2. The minimum Gasteiger partial charge on any atom is -0.508 e. The molecule has 2 aliphatic heterocycles. The summed E-state index contributed by atoms with van der Waals surface area (Å²) >= 11 is 1.30. The van der Waals surface area contributed by atoms with Crippen LogP contribution in [0, 0.1) is 0 Å². The number of hydrogen-bond acceptors (Lipinski definition) is 7. The van der Waals surface area contributed by atoms with E-state index in [1.165, 1.54) is 28.6 Å². The standard InChI is InChI=1S/C25H23F3N4O4S/c1-35-14-19-13-31(6-7-36-19)24-30-23(34)22(37-24)9-15-2-5-21-17(8-15)11-29-32(21)12-16-3-4-18(33)10-20(16)25(26,27)28/h2-5,8-11,19,33H,6-7,12-14H2,1H3/b22-9+. The molecular weight excluding hydrogens is 509 g/mol. The Morgan fingerprint density at radius 2 is 2.11 bits per heavy atom.